The topological polar surface area (TPSA) is 44.5 Å². The molecule has 0 heterocycles. The lowest BCUT2D eigenvalue weighted by molar-refractivity contribution is 0.0926. The second-order valence-corrected chi connectivity index (χ2v) is 4.97. The first-order valence-electron chi connectivity index (χ1n) is 6.20. The highest BCUT2D eigenvalue weighted by Crippen LogP contribution is 2.11. The Hall–Kier alpha value is -1.13. The summed E-state index contributed by atoms with van der Waals surface area (Å²) in [4.78, 5) is 0.401. The highest BCUT2D eigenvalue weighted by Gasteiger charge is 1.98. The second kappa shape index (κ2) is 8.06. The molecule has 4 heteroatoms. The molecule has 18 heavy (non-hydrogen) atoms. The standard InChI is InChI=1S/C14H21NO2S/c1-11(2)7-8-16-9-10-17-13-5-3-12(4-6-13)14(15)18/h3-6,11H,7-10H2,1-2H3,(H2,15,18). The first-order chi connectivity index (χ1) is 8.59. The first kappa shape index (κ1) is 14.9. The van der Waals surface area contributed by atoms with Crippen molar-refractivity contribution in [1.29, 1.82) is 0 Å². The summed E-state index contributed by atoms with van der Waals surface area (Å²) in [6.07, 6.45) is 1.09. The number of benzene rings is 1. The zero-order valence-corrected chi connectivity index (χ0v) is 11.8. The quantitative estimate of drug-likeness (QED) is 0.581. The number of rotatable bonds is 8. The van der Waals surface area contributed by atoms with E-state index in [0.717, 1.165) is 24.3 Å². The van der Waals surface area contributed by atoms with Crippen LogP contribution in [0.2, 0.25) is 0 Å². The maximum Gasteiger partial charge on any atom is 0.119 e. The number of hydrogen-bond donors (Lipinski definition) is 1. The van der Waals surface area contributed by atoms with Crippen molar-refractivity contribution < 1.29 is 9.47 Å². The Morgan fingerprint density at radius 1 is 1.17 bits per heavy atom. The van der Waals surface area contributed by atoms with E-state index in [0.29, 0.717) is 24.1 Å². The van der Waals surface area contributed by atoms with Gasteiger partial charge in [-0.15, -0.1) is 0 Å². The molecule has 0 atom stereocenters. The first-order valence-corrected chi connectivity index (χ1v) is 6.61. The Morgan fingerprint density at radius 3 is 2.39 bits per heavy atom. The van der Waals surface area contributed by atoms with Gasteiger partial charge in [0.1, 0.15) is 17.3 Å². The van der Waals surface area contributed by atoms with Crippen LogP contribution in [0.1, 0.15) is 25.8 Å². The Bertz CT molecular complexity index is 363. The molecule has 0 aliphatic carbocycles. The van der Waals surface area contributed by atoms with E-state index in [9.17, 15) is 0 Å². The third kappa shape index (κ3) is 5.98. The van der Waals surface area contributed by atoms with Crippen LogP contribution in [-0.4, -0.2) is 24.8 Å². The minimum Gasteiger partial charge on any atom is -0.491 e. The van der Waals surface area contributed by atoms with Crippen molar-refractivity contribution in [2.75, 3.05) is 19.8 Å². The summed E-state index contributed by atoms with van der Waals surface area (Å²) in [5, 5.41) is 0. The summed E-state index contributed by atoms with van der Waals surface area (Å²) in [7, 11) is 0. The summed E-state index contributed by atoms with van der Waals surface area (Å²) >= 11 is 4.88. The molecule has 0 spiro atoms. The molecule has 1 rings (SSSR count). The Labute approximate surface area is 114 Å². The van der Waals surface area contributed by atoms with Gasteiger partial charge in [-0.05, 0) is 36.6 Å². The van der Waals surface area contributed by atoms with E-state index in [1.54, 1.807) is 0 Å². The van der Waals surface area contributed by atoms with Crippen molar-refractivity contribution >= 4 is 17.2 Å². The van der Waals surface area contributed by atoms with Crippen LogP contribution in [0, 0.1) is 5.92 Å². The number of ether oxygens (including phenoxy) is 2. The van der Waals surface area contributed by atoms with E-state index in [1.165, 1.54) is 0 Å². The van der Waals surface area contributed by atoms with Crippen LogP contribution in [0.25, 0.3) is 0 Å². The minimum absolute atomic E-state index is 0.401. The zero-order valence-electron chi connectivity index (χ0n) is 11.0. The summed E-state index contributed by atoms with van der Waals surface area (Å²) in [6, 6.07) is 7.44. The molecule has 0 bridgehead atoms. The summed E-state index contributed by atoms with van der Waals surface area (Å²) in [5.74, 6) is 1.49. The van der Waals surface area contributed by atoms with Crippen LogP contribution in [0.4, 0.5) is 0 Å². The predicted octanol–water partition coefficient (Wildman–Crippen LogP) is 2.76. The molecule has 0 saturated heterocycles. The van der Waals surface area contributed by atoms with Gasteiger partial charge in [-0.1, -0.05) is 26.1 Å². The van der Waals surface area contributed by atoms with E-state index in [2.05, 4.69) is 13.8 Å². The van der Waals surface area contributed by atoms with Crippen molar-refractivity contribution in [3.05, 3.63) is 29.8 Å². The highest BCUT2D eigenvalue weighted by atomic mass is 32.1. The Morgan fingerprint density at radius 2 is 1.83 bits per heavy atom. The fourth-order valence-corrected chi connectivity index (χ4v) is 1.49. The van der Waals surface area contributed by atoms with Crippen molar-refractivity contribution in [1.82, 2.24) is 0 Å². The van der Waals surface area contributed by atoms with Crippen molar-refractivity contribution in [2.45, 2.75) is 20.3 Å². The molecule has 2 N–H and O–H groups in total. The Balaban J connectivity index is 2.17. The summed E-state index contributed by atoms with van der Waals surface area (Å²) < 4.78 is 11.0. The molecule has 100 valence electrons. The van der Waals surface area contributed by atoms with Crippen LogP contribution >= 0.6 is 12.2 Å². The van der Waals surface area contributed by atoms with Gasteiger partial charge in [0, 0.05) is 12.2 Å². The van der Waals surface area contributed by atoms with Crippen molar-refractivity contribution in [3.63, 3.8) is 0 Å². The minimum atomic E-state index is 0.401. The fraction of sp³-hybridized carbons (Fsp3) is 0.500. The largest absolute Gasteiger partial charge is 0.491 e. The van der Waals surface area contributed by atoms with E-state index >= 15 is 0 Å². The molecule has 0 amide bonds. The van der Waals surface area contributed by atoms with Gasteiger partial charge in [-0.3, -0.25) is 0 Å². The molecule has 0 unspecified atom stereocenters. The van der Waals surface area contributed by atoms with Gasteiger partial charge in [-0.2, -0.15) is 0 Å². The average Bonchev–Trinajstić information content (AvgIpc) is 2.34. The van der Waals surface area contributed by atoms with Crippen molar-refractivity contribution in [3.8, 4) is 5.75 Å². The van der Waals surface area contributed by atoms with Gasteiger partial charge in [0.2, 0.25) is 0 Å². The van der Waals surface area contributed by atoms with Crippen LogP contribution in [0.15, 0.2) is 24.3 Å². The van der Waals surface area contributed by atoms with Gasteiger partial charge in [0.25, 0.3) is 0 Å². The smallest absolute Gasteiger partial charge is 0.119 e. The molecule has 0 fully saturated rings. The maximum absolute atomic E-state index is 5.54. The molecule has 0 aliphatic rings. The number of thiocarbonyl (C=S) groups is 1. The van der Waals surface area contributed by atoms with Crippen LogP contribution in [0.3, 0.4) is 0 Å². The average molecular weight is 267 g/mol. The van der Waals surface area contributed by atoms with Crippen molar-refractivity contribution in [2.24, 2.45) is 11.7 Å². The monoisotopic (exact) mass is 267 g/mol. The van der Waals surface area contributed by atoms with Crippen LogP contribution in [0.5, 0.6) is 5.75 Å². The van der Waals surface area contributed by atoms with Gasteiger partial charge >= 0.3 is 0 Å². The molecule has 3 nitrogen and oxygen atoms in total. The predicted molar refractivity (Wildman–Crippen MR) is 78.1 cm³/mol. The van der Waals surface area contributed by atoms with Gasteiger partial charge in [0.05, 0.1) is 6.61 Å². The molecule has 1 aromatic rings. The van der Waals surface area contributed by atoms with Crippen LogP contribution in [-0.2, 0) is 4.74 Å². The molecular weight excluding hydrogens is 246 g/mol. The van der Waals surface area contributed by atoms with Gasteiger partial charge < -0.3 is 15.2 Å². The number of nitrogens with two attached hydrogens (primary N) is 1. The third-order valence-corrected chi connectivity index (χ3v) is 2.71. The molecule has 0 aromatic heterocycles. The molecule has 0 aliphatic heterocycles. The molecular formula is C14H21NO2S. The normalized spacial score (nSPS) is 10.6. The lowest BCUT2D eigenvalue weighted by Gasteiger charge is -2.08. The maximum atomic E-state index is 5.54. The second-order valence-electron chi connectivity index (χ2n) is 4.53. The van der Waals surface area contributed by atoms with Gasteiger partial charge in [0.15, 0.2) is 0 Å². The lowest BCUT2D eigenvalue weighted by Crippen LogP contribution is -2.10. The lowest BCUT2D eigenvalue weighted by atomic mass is 10.1. The SMILES string of the molecule is CC(C)CCOCCOc1ccc(C(N)=S)cc1. The summed E-state index contributed by atoms with van der Waals surface area (Å²) in [5.41, 5.74) is 6.37. The van der Waals surface area contributed by atoms with E-state index in [1.807, 2.05) is 24.3 Å². The summed E-state index contributed by atoms with van der Waals surface area (Å²) in [6.45, 7) is 6.34. The Kier molecular flexibility index (Phi) is 6.68. The third-order valence-electron chi connectivity index (χ3n) is 2.47. The highest BCUT2D eigenvalue weighted by molar-refractivity contribution is 7.80. The van der Waals surface area contributed by atoms with Gasteiger partial charge in [-0.25, -0.2) is 0 Å². The fourth-order valence-electron chi connectivity index (χ4n) is 1.35. The molecule has 0 radical (unpaired) electrons. The molecule has 1 aromatic carbocycles. The number of hydrogen-bond acceptors (Lipinski definition) is 3. The van der Waals surface area contributed by atoms with E-state index in [-0.39, 0.29) is 0 Å². The van der Waals surface area contributed by atoms with E-state index < -0.39 is 0 Å². The molecule has 0 saturated carbocycles. The van der Waals surface area contributed by atoms with Crippen LogP contribution < -0.4 is 10.5 Å². The zero-order chi connectivity index (χ0) is 13.4. The van der Waals surface area contributed by atoms with E-state index in [4.69, 9.17) is 27.4 Å².